The Labute approximate surface area is 168 Å². The first-order valence-corrected chi connectivity index (χ1v) is 10.7. The van der Waals surface area contributed by atoms with Gasteiger partial charge in [0.15, 0.2) is 11.6 Å². The number of anilines is 1. The first-order valence-electron chi connectivity index (χ1n) is 9.22. The third-order valence-corrected chi connectivity index (χ3v) is 6.75. The maximum Gasteiger partial charge on any atom is 0.243 e. The molecule has 8 nitrogen and oxygen atoms in total. The summed E-state index contributed by atoms with van der Waals surface area (Å²) in [6, 6.07) is 10.8. The number of piperazine rings is 1. The van der Waals surface area contributed by atoms with Crippen LogP contribution in [0.15, 0.2) is 47.4 Å². The highest BCUT2D eigenvalue weighted by atomic mass is 32.2. The van der Waals surface area contributed by atoms with Crippen molar-refractivity contribution < 1.29 is 12.8 Å². The zero-order valence-electron chi connectivity index (χ0n) is 16.2. The molecule has 0 aliphatic carbocycles. The molecule has 0 amide bonds. The van der Waals surface area contributed by atoms with Gasteiger partial charge in [-0.05, 0) is 50.2 Å². The van der Waals surface area contributed by atoms with Crippen LogP contribution in [-0.2, 0) is 10.0 Å². The Balaban J connectivity index is 1.45. The van der Waals surface area contributed by atoms with Crippen molar-refractivity contribution >= 4 is 15.8 Å². The van der Waals surface area contributed by atoms with Crippen LogP contribution in [0.4, 0.5) is 10.2 Å². The number of halogens is 1. The predicted octanol–water partition coefficient (Wildman–Crippen LogP) is 1.93. The van der Waals surface area contributed by atoms with E-state index in [1.54, 1.807) is 4.68 Å². The third-order valence-electron chi connectivity index (χ3n) is 4.86. The Hall–Kier alpha value is -2.85. The van der Waals surface area contributed by atoms with Crippen LogP contribution < -0.4 is 4.90 Å². The van der Waals surface area contributed by atoms with Gasteiger partial charge in [0.25, 0.3) is 0 Å². The summed E-state index contributed by atoms with van der Waals surface area (Å²) in [4.78, 5) is 1.95. The SMILES string of the molecule is Cc1cc(C)n(-c2ccc(N3CCN(S(=O)(=O)c4cccc(F)c4)CC3)nn2)n1. The van der Waals surface area contributed by atoms with Crippen molar-refractivity contribution in [3.05, 3.63) is 59.7 Å². The molecule has 1 aromatic carbocycles. The van der Waals surface area contributed by atoms with Crippen molar-refractivity contribution in [3.8, 4) is 5.82 Å². The molecular formula is C19H21FN6O2S. The highest BCUT2D eigenvalue weighted by Crippen LogP contribution is 2.21. The molecule has 0 spiro atoms. The van der Waals surface area contributed by atoms with Gasteiger partial charge in [-0.3, -0.25) is 0 Å². The van der Waals surface area contributed by atoms with Gasteiger partial charge in [-0.25, -0.2) is 17.5 Å². The summed E-state index contributed by atoms with van der Waals surface area (Å²) in [6.07, 6.45) is 0. The Bertz CT molecular complexity index is 1120. The third kappa shape index (κ3) is 3.85. The molecule has 1 aliphatic rings. The fourth-order valence-electron chi connectivity index (χ4n) is 3.39. The van der Waals surface area contributed by atoms with Crippen LogP contribution in [0.2, 0.25) is 0 Å². The quantitative estimate of drug-likeness (QED) is 0.646. The predicted molar refractivity (Wildman–Crippen MR) is 106 cm³/mol. The summed E-state index contributed by atoms with van der Waals surface area (Å²) in [5, 5.41) is 12.9. The molecule has 4 rings (SSSR count). The summed E-state index contributed by atoms with van der Waals surface area (Å²) < 4.78 is 42.0. The number of rotatable bonds is 4. The molecule has 0 N–H and O–H groups in total. The molecule has 3 heterocycles. The topological polar surface area (TPSA) is 84.2 Å². The standard InChI is InChI=1S/C19H21FN6O2S/c1-14-12-15(2)26(23-14)19-7-6-18(21-22-19)24-8-10-25(11-9-24)29(27,28)17-5-3-4-16(20)13-17/h3-7,12-13H,8-11H2,1-2H3. The molecule has 10 heteroatoms. The van der Waals surface area contributed by atoms with E-state index in [4.69, 9.17) is 0 Å². The molecule has 0 radical (unpaired) electrons. The largest absolute Gasteiger partial charge is 0.352 e. The van der Waals surface area contributed by atoms with Crippen LogP contribution in [0.3, 0.4) is 0 Å². The van der Waals surface area contributed by atoms with Crippen LogP contribution in [0, 0.1) is 19.7 Å². The first kappa shape index (κ1) is 19.5. The summed E-state index contributed by atoms with van der Waals surface area (Å²) in [5.74, 6) is 0.743. The van der Waals surface area contributed by atoms with Gasteiger partial charge in [-0.1, -0.05) is 6.07 Å². The van der Waals surface area contributed by atoms with E-state index in [1.807, 2.05) is 36.9 Å². The molecule has 1 fully saturated rings. The maximum atomic E-state index is 13.4. The van der Waals surface area contributed by atoms with Gasteiger partial charge >= 0.3 is 0 Å². The number of benzene rings is 1. The summed E-state index contributed by atoms with van der Waals surface area (Å²) in [5.41, 5.74) is 1.88. The van der Waals surface area contributed by atoms with Crippen molar-refractivity contribution in [2.24, 2.45) is 0 Å². The number of sulfonamides is 1. The second-order valence-electron chi connectivity index (χ2n) is 6.94. The highest BCUT2D eigenvalue weighted by molar-refractivity contribution is 7.89. The zero-order chi connectivity index (χ0) is 20.6. The minimum atomic E-state index is -3.72. The lowest BCUT2D eigenvalue weighted by molar-refractivity contribution is 0.383. The second kappa shape index (κ2) is 7.53. The van der Waals surface area contributed by atoms with Crippen molar-refractivity contribution in [2.45, 2.75) is 18.7 Å². The Morgan fingerprint density at radius 3 is 2.21 bits per heavy atom. The van der Waals surface area contributed by atoms with Gasteiger partial charge in [0.1, 0.15) is 5.82 Å². The van der Waals surface area contributed by atoms with E-state index in [-0.39, 0.29) is 4.90 Å². The highest BCUT2D eigenvalue weighted by Gasteiger charge is 2.29. The molecule has 1 saturated heterocycles. The fourth-order valence-corrected chi connectivity index (χ4v) is 4.85. The van der Waals surface area contributed by atoms with Crippen LogP contribution >= 0.6 is 0 Å². The normalized spacial score (nSPS) is 15.6. The minimum absolute atomic E-state index is 0.0278. The Kier molecular flexibility index (Phi) is 5.05. The van der Waals surface area contributed by atoms with E-state index in [1.165, 1.54) is 22.5 Å². The van der Waals surface area contributed by atoms with Gasteiger partial charge in [0.05, 0.1) is 10.6 Å². The van der Waals surface area contributed by atoms with Gasteiger partial charge in [0, 0.05) is 31.9 Å². The summed E-state index contributed by atoms with van der Waals surface area (Å²) in [7, 11) is -3.72. The van der Waals surface area contributed by atoms with Crippen molar-refractivity contribution in [3.63, 3.8) is 0 Å². The van der Waals surface area contributed by atoms with Gasteiger partial charge < -0.3 is 4.90 Å². The number of hydrogen-bond donors (Lipinski definition) is 0. The van der Waals surface area contributed by atoms with E-state index in [2.05, 4.69) is 15.3 Å². The lowest BCUT2D eigenvalue weighted by Gasteiger charge is -2.34. The van der Waals surface area contributed by atoms with Crippen molar-refractivity contribution in [1.82, 2.24) is 24.3 Å². The monoisotopic (exact) mass is 416 g/mol. The number of nitrogens with zero attached hydrogens (tertiary/aromatic N) is 6. The van der Waals surface area contributed by atoms with Gasteiger partial charge in [-0.2, -0.15) is 9.40 Å². The summed E-state index contributed by atoms with van der Waals surface area (Å²) >= 11 is 0. The molecule has 29 heavy (non-hydrogen) atoms. The van der Waals surface area contributed by atoms with E-state index >= 15 is 0 Å². The number of hydrogen-bond acceptors (Lipinski definition) is 6. The smallest absolute Gasteiger partial charge is 0.243 e. The Morgan fingerprint density at radius 1 is 0.931 bits per heavy atom. The molecule has 0 bridgehead atoms. The molecule has 0 saturated carbocycles. The van der Waals surface area contributed by atoms with E-state index < -0.39 is 15.8 Å². The molecular weight excluding hydrogens is 395 g/mol. The van der Waals surface area contributed by atoms with Gasteiger partial charge in [-0.15, -0.1) is 10.2 Å². The van der Waals surface area contributed by atoms with Crippen LogP contribution in [0.5, 0.6) is 0 Å². The van der Waals surface area contributed by atoms with E-state index in [0.29, 0.717) is 37.8 Å². The first-order chi connectivity index (χ1) is 13.8. The number of aromatic nitrogens is 4. The second-order valence-corrected chi connectivity index (χ2v) is 8.88. The van der Waals surface area contributed by atoms with E-state index in [0.717, 1.165) is 17.5 Å². The van der Waals surface area contributed by atoms with Gasteiger partial charge in [0.2, 0.25) is 10.0 Å². The Morgan fingerprint density at radius 2 is 1.62 bits per heavy atom. The lowest BCUT2D eigenvalue weighted by Crippen LogP contribution is -2.49. The van der Waals surface area contributed by atoms with Crippen LogP contribution in [0.1, 0.15) is 11.4 Å². The molecule has 0 atom stereocenters. The maximum absolute atomic E-state index is 13.4. The molecule has 1 aliphatic heterocycles. The van der Waals surface area contributed by atoms with Crippen molar-refractivity contribution in [1.29, 1.82) is 0 Å². The summed E-state index contributed by atoms with van der Waals surface area (Å²) in [6.45, 7) is 5.40. The molecule has 152 valence electrons. The zero-order valence-corrected chi connectivity index (χ0v) is 17.0. The molecule has 0 unspecified atom stereocenters. The average Bonchev–Trinajstić information content (AvgIpc) is 3.06. The minimum Gasteiger partial charge on any atom is -0.352 e. The van der Waals surface area contributed by atoms with Crippen LogP contribution in [-0.4, -0.2) is 58.9 Å². The molecule has 2 aromatic heterocycles. The fraction of sp³-hybridized carbons (Fsp3) is 0.316. The van der Waals surface area contributed by atoms with E-state index in [9.17, 15) is 12.8 Å². The average molecular weight is 416 g/mol. The van der Waals surface area contributed by atoms with Crippen LogP contribution in [0.25, 0.3) is 5.82 Å². The van der Waals surface area contributed by atoms with Crippen molar-refractivity contribution in [2.75, 3.05) is 31.1 Å². The lowest BCUT2D eigenvalue weighted by atomic mass is 10.3. The molecule has 3 aromatic rings. The number of aryl methyl sites for hydroxylation is 2.